The Bertz CT molecular complexity index is 575. The summed E-state index contributed by atoms with van der Waals surface area (Å²) >= 11 is 6.06. The fourth-order valence-corrected chi connectivity index (χ4v) is 1.88. The summed E-state index contributed by atoms with van der Waals surface area (Å²) in [6.07, 6.45) is 1.46. The molecule has 0 spiro atoms. The van der Waals surface area contributed by atoms with E-state index in [0.717, 1.165) is 0 Å². The molecule has 1 unspecified atom stereocenters. The predicted octanol–water partition coefficient (Wildman–Crippen LogP) is 2.19. The molecule has 0 saturated heterocycles. The Morgan fingerprint density at radius 3 is 2.38 bits per heavy atom. The number of aromatic nitrogens is 2. The van der Waals surface area contributed by atoms with Gasteiger partial charge in [0.25, 0.3) is 5.56 Å². The van der Waals surface area contributed by atoms with Crippen LogP contribution in [0.25, 0.3) is 0 Å². The van der Waals surface area contributed by atoms with Gasteiger partial charge in [0.05, 0.1) is 17.9 Å². The van der Waals surface area contributed by atoms with Crippen LogP contribution in [0.5, 0.6) is 0 Å². The van der Waals surface area contributed by atoms with Gasteiger partial charge in [0.15, 0.2) is 0 Å². The zero-order chi connectivity index (χ0) is 16.4. The van der Waals surface area contributed by atoms with Gasteiger partial charge in [-0.25, -0.2) is 4.68 Å². The van der Waals surface area contributed by atoms with Crippen LogP contribution in [0.4, 0.5) is 5.69 Å². The van der Waals surface area contributed by atoms with Gasteiger partial charge in [-0.05, 0) is 41.5 Å². The van der Waals surface area contributed by atoms with Crippen LogP contribution >= 0.6 is 11.6 Å². The highest BCUT2D eigenvalue weighted by atomic mass is 35.5. The first-order valence-corrected chi connectivity index (χ1v) is 7.26. The van der Waals surface area contributed by atoms with Crippen molar-refractivity contribution in [3.8, 4) is 0 Å². The fourth-order valence-electron chi connectivity index (χ4n) is 1.69. The number of nitrogens with one attached hydrogen (secondary N) is 2. The van der Waals surface area contributed by atoms with E-state index in [1.165, 1.54) is 10.9 Å². The minimum atomic E-state index is -0.530. The molecule has 2 N–H and O–H groups in total. The SMILES string of the molecule is CC(Nc1cnn(C(C)C)c(=O)c1Cl)C(=O)NC(C)(C)C. The maximum absolute atomic E-state index is 12.0. The third-order valence-corrected chi connectivity index (χ3v) is 3.06. The zero-order valence-corrected chi connectivity index (χ0v) is 14.1. The molecule has 0 aliphatic heterocycles. The maximum Gasteiger partial charge on any atom is 0.287 e. The lowest BCUT2D eigenvalue weighted by molar-refractivity contribution is -0.122. The lowest BCUT2D eigenvalue weighted by atomic mass is 10.1. The van der Waals surface area contributed by atoms with E-state index in [4.69, 9.17) is 11.6 Å². The van der Waals surface area contributed by atoms with Gasteiger partial charge in [-0.2, -0.15) is 5.10 Å². The van der Waals surface area contributed by atoms with Gasteiger partial charge in [0.2, 0.25) is 5.91 Å². The second-order valence-corrected chi connectivity index (χ2v) is 6.70. The number of carbonyl (C=O) groups excluding carboxylic acids is 1. The van der Waals surface area contributed by atoms with Crippen LogP contribution < -0.4 is 16.2 Å². The Morgan fingerprint density at radius 2 is 1.90 bits per heavy atom. The summed E-state index contributed by atoms with van der Waals surface area (Å²) in [6, 6.07) is -0.608. The highest BCUT2D eigenvalue weighted by molar-refractivity contribution is 6.33. The largest absolute Gasteiger partial charge is 0.371 e. The molecular formula is C14H23ClN4O2. The normalized spacial score (nSPS) is 13.1. The van der Waals surface area contributed by atoms with Gasteiger partial charge in [0, 0.05) is 5.54 Å². The van der Waals surface area contributed by atoms with Crippen molar-refractivity contribution in [1.82, 2.24) is 15.1 Å². The van der Waals surface area contributed by atoms with Crippen molar-refractivity contribution in [2.75, 3.05) is 5.32 Å². The smallest absolute Gasteiger partial charge is 0.287 e. The summed E-state index contributed by atoms with van der Waals surface area (Å²) in [5.74, 6) is -0.174. The van der Waals surface area contributed by atoms with Gasteiger partial charge < -0.3 is 10.6 Å². The summed E-state index contributed by atoms with van der Waals surface area (Å²) in [5.41, 5.74) is -0.342. The second kappa shape index (κ2) is 6.47. The Morgan fingerprint density at radius 1 is 1.33 bits per heavy atom. The lowest BCUT2D eigenvalue weighted by Gasteiger charge is -2.24. The van der Waals surface area contributed by atoms with Crippen LogP contribution in [-0.2, 0) is 4.79 Å². The number of nitrogens with zero attached hydrogens (tertiary/aromatic N) is 2. The summed E-state index contributed by atoms with van der Waals surface area (Å²) in [7, 11) is 0. The molecule has 21 heavy (non-hydrogen) atoms. The molecule has 0 aliphatic carbocycles. The van der Waals surface area contributed by atoms with Crippen LogP contribution in [-0.4, -0.2) is 27.3 Å². The highest BCUT2D eigenvalue weighted by Crippen LogP contribution is 2.17. The number of hydrogen-bond acceptors (Lipinski definition) is 4. The number of hydrogen-bond donors (Lipinski definition) is 2. The highest BCUT2D eigenvalue weighted by Gasteiger charge is 2.21. The zero-order valence-electron chi connectivity index (χ0n) is 13.3. The molecule has 1 rings (SSSR count). The Hall–Kier alpha value is -1.56. The van der Waals surface area contributed by atoms with Crippen LogP contribution in [0.15, 0.2) is 11.0 Å². The topological polar surface area (TPSA) is 76.0 Å². The third-order valence-electron chi connectivity index (χ3n) is 2.70. The number of anilines is 1. The van der Waals surface area contributed by atoms with Crippen molar-refractivity contribution in [3.63, 3.8) is 0 Å². The molecule has 0 aromatic carbocycles. The van der Waals surface area contributed by atoms with Gasteiger partial charge in [-0.15, -0.1) is 0 Å². The molecule has 7 heteroatoms. The van der Waals surface area contributed by atoms with Crippen molar-refractivity contribution in [3.05, 3.63) is 21.6 Å². The number of carbonyl (C=O) groups is 1. The Labute approximate surface area is 129 Å². The molecule has 1 aromatic rings. The van der Waals surface area contributed by atoms with E-state index in [1.807, 2.05) is 34.6 Å². The standard InChI is InChI=1S/C14H23ClN4O2/c1-8(2)19-13(21)11(15)10(7-16-19)17-9(3)12(20)18-14(4,5)6/h7-9,17H,1-6H3,(H,18,20). The number of rotatable bonds is 4. The van der Waals surface area contributed by atoms with Crippen LogP contribution in [0.3, 0.4) is 0 Å². The van der Waals surface area contributed by atoms with E-state index in [-0.39, 0.29) is 28.1 Å². The van der Waals surface area contributed by atoms with E-state index < -0.39 is 6.04 Å². The summed E-state index contributed by atoms with van der Waals surface area (Å²) in [6.45, 7) is 11.1. The second-order valence-electron chi connectivity index (χ2n) is 6.32. The number of halogens is 1. The fraction of sp³-hybridized carbons (Fsp3) is 0.643. The summed E-state index contributed by atoms with van der Waals surface area (Å²) in [5, 5.41) is 9.86. The first-order chi connectivity index (χ1) is 9.53. The van der Waals surface area contributed by atoms with E-state index in [2.05, 4.69) is 15.7 Å². The summed E-state index contributed by atoms with van der Waals surface area (Å²) < 4.78 is 1.30. The first-order valence-electron chi connectivity index (χ1n) is 6.89. The van der Waals surface area contributed by atoms with E-state index >= 15 is 0 Å². The molecule has 0 radical (unpaired) electrons. The molecule has 0 aliphatic rings. The minimum absolute atomic E-state index is 0.0362. The maximum atomic E-state index is 12.0. The molecule has 1 atom stereocenters. The van der Waals surface area contributed by atoms with Crippen molar-refractivity contribution < 1.29 is 4.79 Å². The first kappa shape index (κ1) is 17.5. The monoisotopic (exact) mass is 314 g/mol. The van der Waals surface area contributed by atoms with Crippen LogP contribution in [0.1, 0.15) is 47.6 Å². The van der Waals surface area contributed by atoms with Crippen molar-refractivity contribution in [2.24, 2.45) is 0 Å². The van der Waals surface area contributed by atoms with E-state index in [0.29, 0.717) is 5.69 Å². The summed E-state index contributed by atoms with van der Waals surface area (Å²) in [4.78, 5) is 24.1. The molecule has 0 fully saturated rings. The molecule has 6 nitrogen and oxygen atoms in total. The molecule has 1 heterocycles. The molecular weight excluding hydrogens is 292 g/mol. The average molecular weight is 315 g/mol. The van der Waals surface area contributed by atoms with Crippen LogP contribution in [0, 0.1) is 0 Å². The third kappa shape index (κ3) is 4.74. The van der Waals surface area contributed by atoms with Gasteiger partial charge in [-0.3, -0.25) is 9.59 Å². The molecule has 0 saturated carbocycles. The molecule has 1 aromatic heterocycles. The molecule has 118 valence electrons. The minimum Gasteiger partial charge on any atom is -0.371 e. The van der Waals surface area contributed by atoms with Gasteiger partial charge >= 0.3 is 0 Å². The lowest BCUT2D eigenvalue weighted by Crippen LogP contribution is -2.47. The average Bonchev–Trinajstić information content (AvgIpc) is 2.32. The van der Waals surface area contributed by atoms with E-state index in [1.54, 1.807) is 6.92 Å². The number of amides is 1. The predicted molar refractivity (Wildman–Crippen MR) is 84.9 cm³/mol. The van der Waals surface area contributed by atoms with Crippen molar-refractivity contribution in [1.29, 1.82) is 0 Å². The molecule has 1 amide bonds. The quantitative estimate of drug-likeness (QED) is 0.893. The van der Waals surface area contributed by atoms with Crippen molar-refractivity contribution >= 4 is 23.2 Å². The Balaban J connectivity index is 2.92. The van der Waals surface area contributed by atoms with Crippen LogP contribution in [0.2, 0.25) is 5.02 Å². The van der Waals surface area contributed by atoms with E-state index in [9.17, 15) is 9.59 Å². The molecule has 0 bridgehead atoms. The van der Waals surface area contributed by atoms with Gasteiger partial charge in [0.1, 0.15) is 11.1 Å². The van der Waals surface area contributed by atoms with Gasteiger partial charge in [-0.1, -0.05) is 11.6 Å². The van der Waals surface area contributed by atoms with Crippen molar-refractivity contribution in [2.45, 2.75) is 59.2 Å². The Kier molecular flexibility index (Phi) is 5.39.